The van der Waals surface area contributed by atoms with Crippen molar-refractivity contribution in [3.05, 3.63) is 74.4 Å². The summed E-state index contributed by atoms with van der Waals surface area (Å²) in [7, 11) is -4.08. The molecule has 1 N–H and O–H groups in total. The van der Waals surface area contributed by atoms with Gasteiger partial charge in [0.15, 0.2) is 0 Å². The largest absolute Gasteiger partial charge is 0.270 e. The summed E-state index contributed by atoms with van der Waals surface area (Å²) < 4.78 is 29.1. The molecular formula is C16H12Cl2N4O4S. The monoisotopic (exact) mass is 426 g/mol. The predicted octanol–water partition coefficient (Wildman–Crippen LogP) is 4.20. The molecule has 0 spiro atoms. The molecule has 0 radical (unpaired) electrons. The Kier molecular flexibility index (Phi) is 5.09. The number of benzene rings is 2. The molecule has 140 valence electrons. The average Bonchev–Trinajstić information content (AvgIpc) is 2.97. The summed E-state index contributed by atoms with van der Waals surface area (Å²) >= 11 is 11.9. The quantitative estimate of drug-likeness (QED) is 0.485. The number of nitro benzene ring substituents is 1. The summed E-state index contributed by atoms with van der Waals surface area (Å²) in [6.45, 7) is 1.69. The molecule has 8 nitrogen and oxygen atoms in total. The van der Waals surface area contributed by atoms with E-state index in [2.05, 4.69) is 9.82 Å². The lowest BCUT2D eigenvalue weighted by Crippen LogP contribution is -2.16. The molecule has 0 fully saturated rings. The Balaban J connectivity index is 2.02. The number of nitrogens with zero attached hydrogens (tertiary/aromatic N) is 3. The van der Waals surface area contributed by atoms with Crippen molar-refractivity contribution < 1.29 is 13.3 Å². The second kappa shape index (κ2) is 7.18. The molecule has 0 atom stereocenters. The Labute approximate surface area is 164 Å². The first-order chi connectivity index (χ1) is 12.7. The van der Waals surface area contributed by atoms with Crippen molar-refractivity contribution >= 4 is 44.7 Å². The molecule has 0 amide bonds. The molecule has 3 rings (SSSR count). The van der Waals surface area contributed by atoms with Gasteiger partial charge in [-0.15, -0.1) is 0 Å². The maximum absolute atomic E-state index is 12.7. The molecule has 0 aliphatic carbocycles. The maximum Gasteiger partial charge on any atom is 0.270 e. The minimum absolute atomic E-state index is 0.150. The Morgan fingerprint density at radius 2 is 1.85 bits per heavy atom. The smallest absolute Gasteiger partial charge is 0.263 e. The lowest BCUT2D eigenvalue weighted by Gasteiger charge is -2.11. The first-order valence-corrected chi connectivity index (χ1v) is 9.70. The zero-order chi connectivity index (χ0) is 19.8. The molecule has 1 heterocycles. The van der Waals surface area contributed by atoms with Crippen LogP contribution in [0.2, 0.25) is 10.0 Å². The van der Waals surface area contributed by atoms with Crippen LogP contribution >= 0.6 is 23.2 Å². The minimum atomic E-state index is -4.08. The van der Waals surface area contributed by atoms with E-state index >= 15 is 0 Å². The van der Waals surface area contributed by atoms with Crippen LogP contribution in [0.15, 0.2) is 53.4 Å². The third-order valence-electron chi connectivity index (χ3n) is 3.56. The number of hydrogen-bond acceptors (Lipinski definition) is 5. The van der Waals surface area contributed by atoms with E-state index in [1.165, 1.54) is 28.9 Å². The van der Waals surface area contributed by atoms with Gasteiger partial charge in [0, 0.05) is 18.2 Å². The van der Waals surface area contributed by atoms with Gasteiger partial charge in [-0.3, -0.25) is 14.8 Å². The number of hydrogen-bond donors (Lipinski definition) is 1. The van der Waals surface area contributed by atoms with E-state index in [1.807, 2.05) is 0 Å². The van der Waals surface area contributed by atoms with Crippen molar-refractivity contribution in [2.24, 2.45) is 0 Å². The van der Waals surface area contributed by atoms with Crippen LogP contribution in [0.25, 0.3) is 5.69 Å². The van der Waals surface area contributed by atoms with E-state index in [1.54, 1.807) is 25.1 Å². The second-order valence-corrected chi connectivity index (χ2v) is 8.04. The van der Waals surface area contributed by atoms with Gasteiger partial charge < -0.3 is 0 Å². The van der Waals surface area contributed by atoms with Crippen LogP contribution in [0.4, 0.5) is 11.5 Å². The van der Waals surface area contributed by atoms with Crippen LogP contribution in [0, 0.1) is 17.0 Å². The molecule has 1 aromatic heterocycles. The summed E-state index contributed by atoms with van der Waals surface area (Å²) in [5, 5.41) is 15.8. The lowest BCUT2D eigenvalue weighted by molar-refractivity contribution is -0.385. The first kappa shape index (κ1) is 19.2. The van der Waals surface area contributed by atoms with Crippen LogP contribution < -0.4 is 4.72 Å². The molecule has 0 bridgehead atoms. The van der Waals surface area contributed by atoms with E-state index in [9.17, 15) is 18.5 Å². The fraction of sp³-hybridized carbons (Fsp3) is 0.0625. The highest BCUT2D eigenvalue weighted by Crippen LogP contribution is 2.27. The zero-order valence-electron chi connectivity index (χ0n) is 13.8. The van der Waals surface area contributed by atoms with Crippen molar-refractivity contribution in [2.45, 2.75) is 11.8 Å². The number of halogens is 2. The summed E-state index contributed by atoms with van der Waals surface area (Å²) in [4.78, 5) is 9.99. The van der Waals surface area contributed by atoms with Crippen LogP contribution in [0.3, 0.4) is 0 Å². The van der Waals surface area contributed by atoms with Crippen molar-refractivity contribution in [3.8, 4) is 5.69 Å². The summed E-state index contributed by atoms with van der Waals surface area (Å²) in [6, 6.07) is 11.0. The maximum atomic E-state index is 12.7. The van der Waals surface area contributed by atoms with Gasteiger partial charge in [0.1, 0.15) is 5.82 Å². The summed E-state index contributed by atoms with van der Waals surface area (Å²) in [6.07, 6.45) is 0. The van der Waals surface area contributed by atoms with Gasteiger partial charge in [0.05, 0.1) is 31.2 Å². The van der Waals surface area contributed by atoms with Gasteiger partial charge in [0.25, 0.3) is 15.7 Å². The predicted molar refractivity (Wildman–Crippen MR) is 102 cm³/mol. The van der Waals surface area contributed by atoms with Crippen molar-refractivity contribution in [2.75, 3.05) is 4.72 Å². The van der Waals surface area contributed by atoms with Crippen LogP contribution in [-0.2, 0) is 10.0 Å². The first-order valence-electron chi connectivity index (χ1n) is 7.47. The Hall–Kier alpha value is -2.62. The molecule has 0 saturated heterocycles. The molecule has 2 aromatic carbocycles. The fourth-order valence-electron chi connectivity index (χ4n) is 2.35. The third-order valence-corrected chi connectivity index (χ3v) is 5.65. The van der Waals surface area contributed by atoms with E-state index in [-0.39, 0.29) is 21.4 Å². The number of nitrogens with one attached hydrogen (secondary N) is 1. The van der Waals surface area contributed by atoms with Crippen molar-refractivity contribution in [1.82, 2.24) is 9.78 Å². The molecule has 0 aliphatic heterocycles. The number of nitro groups is 1. The molecule has 0 aliphatic rings. The Morgan fingerprint density at radius 3 is 2.52 bits per heavy atom. The molecule has 0 unspecified atom stereocenters. The number of non-ortho nitro benzene ring substituents is 1. The topological polar surface area (TPSA) is 107 Å². The van der Waals surface area contributed by atoms with Gasteiger partial charge in [-0.05, 0) is 31.2 Å². The van der Waals surface area contributed by atoms with E-state index in [0.29, 0.717) is 16.4 Å². The van der Waals surface area contributed by atoms with Crippen LogP contribution in [0.5, 0.6) is 0 Å². The van der Waals surface area contributed by atoms with E-state index < -0.39 is 14.9 Å². The number of anilines is 1. The van der Waals surface area contributed by atoms with Crippen molar-refractivity contribution in [3.63, 3.8) is 0 Å². The van der Waals surface area contributed by atoms with E-state index in [0.717, 1.165) is 6.07 Å². The number of rotatable bonds is 5. The minimum Gasteiger partial charge on any atom is -0.263 e. The molecule has 11 heteroatoms. The van der Waals surface area contributed by atoms with E-state index in [4.69, 9.17) is 23.2 Å². The molecular weight excluding hydrogens is 415 g/mol. The highest BCUT2D eigenvalue weighted by Gasteiger charge is 2.20. The number of aromatic nitrogens is 2. The van der Waals surface area contributed by atoms with Crippen molar-refractivity contribution in [1.29, 1.82) is 0 Å². The van der Waals surface area contributed by atoms with Crippen LogP contribution in [0.1, 0.15) is 5.69 Å². The Morgan fingerprint density at radius 1 is 1.11 bits per heavy atom. The molecule has 3 aromatic rings. The Bertz CT molecular complexity index is 1150. The lowest BCUT2D eigenvalue weighted by atomic mass is 10.3. The fourth-order valence-corrected chi connectivity index (χ4v) is 3.71. The zero-order valence-corrected chi connectivity index (χ0v) is 16.1. The van der Waals surface area contributed by atoms with Gasteiger partial charge in [0.2, 0.25) is 0 Å². The number of sulfonamides is 1. The second-order valence-electron chi connectivity index (χ2n) is 5.54. The summed E-state index contributed by atoms with van der Waals surface area (Å²) in [5.41, 5.74) is 0.721. The number of aryl methyl sites for hydroxylation is 1. The standard InChI is InChI=1S/C16H12Cl2N4O4S/c1-10-7-16(21(19-10)11-5-6-14(17)15(18)9-11)20-27(25,26)13-4-2-3-12(8-13)22(23)24/h2-9,20H,1H3. The molecule has 0 saturated carbocycles. The summed E-state index contributed by atoms with van der Waals surface area (Å²) in [5.74, 6) is 0.150. The van der Waals surface area contributed by atoms with Gasteiger partial charge in [-0.1, -0.05) is 29.3 Å². The van der Waals surface area contributed by atoms with Gasteiger partial charge in [-0.2, -0.15) is 5.10 Å². The SMILES string of the molecule is Cc1cc(NS(=O)(=O)c2cccc([N+](=O)[O-])c2)n(-c2ccc(Cl)c(Cl)c2)n1. The van der Waals surface area contributed by atoms with Gasteiger partial charge >= 0.3 is 0 Å². The van der Waals surface area contributed by atoms with Crippen LogP contribution in [-0.4, -0.2) is 23.1 Å². The van der Waals surface area contributed by atoms with Gasteiger partial charge in [-0.25, -0.2) is 13.1 Å². The average molecular weight is 427 g/mol. The molecule has 27 heavy (non-hydrogen) atoms. The highest BCUT2D eigenvalue weighted by molar-refractivity contribution is 7.92. The highest BCUT2D eigenvalue weighted by atomic mass is 35.5. The third kappa shape index (κ3) is 4.05. The normalized spacial score (nSPS) is 11.4.